The summed E-state index contributed by atoms with van der Waals surface area (Å²) in [4.78, 5) is 50.2. The van der Waals surface area contributed by atoms with Crippen molar-refractivity contribution < 1.29 is 28.8 Å². The molecule has 0 unspecified atom stereocenters. The number of alkyl carbamates (subject to hydrolysis) is 1. The van der Waals surface area contributed by atoms with E-state index in [1.54, 1.807) is 0 Å². The van der Waals surface area contributed by atoms with Gasteiger partial charge in [-0.2, -0.15) is 0 Å². The van der Waals surface area contributed by atoms with E-state index >= 15 is 0 Å². The third-order valence-corrected chi connectivity index (χ3v) is 3.07. The molecular weight excluding hydrogens is 292 g/mol. The Hall–Kier alpha value is -2.12. The fourth-order valence-electron chi connectivity index (χ4n) is 2.04. The molecule has 1 N–H and O–H groups in total. The van der Waals surface area contributed by atoms with E-state index in [-0.39, 0.29) is 18.9 Å². The van der Waals surface area contributed by atoms with Crippen molar-refractivity contribution in [2.45, 2.75) is 58.5 Å². The fourth-order valence-corrected chi connectivity index (χ4v) is 2.04. The van der Waals surface area contributed by atoms with Crippen LogP contribution in [0.5, 0.6) is 0 Å². The van der Waals surface area contributed by atoms with E-state index < -0.39 is 30.4 Å². The SMILES string of the molecule is CCCC(CCC)OC(=O)NCC(=O)ON1C(=O)CCC1=O. The number of amides is 3. The summed E-state index contributed by atoms with van der Waals surface area (Å²) in [5, 5.41) is 2.69. The maximum atomic E-state index is 11.6. The smallest absolute Gasteiger partial charge is 0.407 e. The Morgan fingerprint density at radius 2 is 1.68 bits per heavy atom. The van der Waals surface area contributed by atoms with Gasteiger partial charge in [0.1, 0.15) is 12.6 Å². The van der Waals surface area contributed by atoms with E-state index in [1.165, 1.54) is 0 Å². The lowest BCUT2D eigenvalue weighted by atomic mass is 10.1. The topological polar surface area (TPSA) is 102 Å². The molecule has 0 aliphatic carbocycles. The quantitative estimate of drug-likeness (QED) is 0.677. The van der Waals surface area contributed by atoms with Gasteiger partial charge in [0.15, 0.2) is 0 Å². The van der Waals surface area contributed by atoms with E-state index in [0.717, 1.165) is 25.7 Å². The van der Waals surface area contributed by atoms with Crippen molar-refractivity contribution in [3.8, 4) is 0 Å². The lowest BCUT2D eigenvalue weighted by Crippen LogP contribution is -2.38. The average molecular weight is 314 g/mol. The van der Waals surface area contributed by atoms with Crippen LogP contribution in [0.2, 0.25) is 0 Å². The summed E-state index contributed by atoms with van der Waals surface area (Å²) in [6.45, 7) is 3.51. The van der Waals surface area contributed by atoms with Gasteiger partial charge in [0.05, 0.1) is 0 Å². The molecule has 22 heavy (non-hydrogen) atoms. The van der Waals surface area contributed by atoms with Crippen LogP contribution in [0.15, 0.2) is 0 Å². The zero-order chi connectivity index (χ0) is 16.5. The second kappa shape index (κ2) is 9.01. The van der Waals surface area contributed by atoms with Crippen LogP contribution >= 0.6 is 0 Å². The predicted molar refractivity (Wildman–Crippen MR) is 75.3 cm³/mol. The molecule has 0 aromatic heterocycles. The Labute approximate surface area is 129 Å². The third kappa shape index (κ3) is 5.71. The monoisotopic (exact) mass is 314 g/mol. The number of hydroxylamine groups is 2. The van der Waals surface area contributed by atoms with Crippen molar-refractivity contribution in [2.24, 2.45) is 0 Å². The van der Waals surface area contributed by atoms with E-state index in [0.29, 0.717) is 5.06 Å². The molecule has 124 valence electrons. The maximum Gasteiger partial charge on any atom is 0.407 e. The van der Waals surface area contributed by atoms with Gasteiger partial charge in [-0.05, 0) is 12.8 Å². The predicted octanol–water partition coefficient (Wildman–Crippen LogP) is 1.29. The minimum Gasteiger partial charge on any atom is -0.446 e. The van der Waals surface area contributed by atoms with E-state index in [4.69, 9.17) is 4.74 Å². The average Bonchev–Trinajstić information content (AvgIpc) is 2.77. The molecule has 1 aliphatic rings. The fraction of sp³-hybridized carbons (Fsp3) is 0.714. The Morgan fingerprint density at radius 1 is 1.14 bits per heavy atom. The van der Waals surface area contributed by atoms with Crippen LogP contribution in [0.25, 0.3) is 0 Å². The Morgan fingerprint density at radius 3 is 2.18 bits per heavy atom. The maximum absolute atomic E-state index is 11.6. The number of ether oxygens (including phenoxy) is 1. The summed E-state index contributed by atoms with van der Waals surface area (Å²) < 4.78 is 5.19. The van der Waals surface area contributed by atoms with Gasteiger partial charge in [-0.15, -0.1) is 5.06 Å². The second-order valence-electron chi connectivity index (χ2n) is 5.00. The summed E-state index contributed by atoms with van der Waals surface area (Å²) in [5.41, 5.74) is 0. The van der Waals surface area contributed by atoms with E-state index in [9.17, 15) is 19.2 Å². The molecule has 1 fully saturated rings. The highest BCUT2D eigenvalue weighted by atomic mass is 16.7. The second-order valence-corrected chi connectivity index (χ2v) is 5.00. The summed E-state index contributed by atoms with van der Waals surface area (Å²) in [5.74, 6) is -2.03. The summed E-state index contributed by atoms with van der Waals surface area (Å²) in [6.07, 6.45) is 2.42. The van der Waals surface area contributed by atoms with Crippen LogP contribution in [0, 0.1) is 0 Å². The van der Waals surface area contributed by atoms with Gasteiger partial charge in [-0.1, -0.05) is 26.7 Å². The van der Waals surface area contributed by atoms with Crippen LogP contribution in [0.3, 0.4) is 0 Å². The summed E-state index contributed by atoms with van der Waals surface area (Å²) in [7, 11) is 0. The highest BCUT2D eigenvalue weighted by Crippen LogP contribution is 2.12. The molecule has 0 bridgehead atoms. The molecule has 8 heteroatoms. The lowest BCUT2D eigenvalue weighted by Gasteiger charge is -2.17. The number of imide groups is 1. The van der Waals surface area contributed by atoms with E-state index in [1.807, 2.05) is 13.8 Å². The highest BCUT2D eigenvalue weighted by Gasteiger charge is 2.32. The van der Waals surface area contributed by atoms with Gasteiger partial charge in [0.2, 0.25) is 0 Å². The first kappa shape index (κ1) is 17.9. The van der Waals surface area contributed by atoms with Crippen molar-refractivity contribution in [3.05, 3.63) is 0 Å². The first-order chi connectivity index (χ1) is 10.5. The first-order valence-electron chi connectivity index (χ1n) is 7.49. The Bertz CT molecular complexity index is 415. The molecule has 1 heterocycles. The van der Waals surface area contributed by atoms with E-state index in [2.05, 4.69) is 10.2 Å². The molecular formula is C14H22N2O6. The number of nitrogens with zero attached hydrogens (tertiary/aromatic N) is 1. The zero-order valence-corrected chi connectivity index (χ0v) is 12.9. The molecule has 3 amide bonds. The third-order valence-electron chi connectivity index (χ3n) is 3.07. The molecule has 0 aromatic carbocycles. The lowest BCUT2D eigenvalue weighted by molar-refractivity contribution is -0.196. The molecule has 1 saturated heterocycles. The van der Waals surface area contributed by atoms with Gasteiger partial charge in [0.25, 0.3) is 11.8 Å². The zero-order valence-electron chi connectivity index (χ0n) is 12.9. The van der Waals surface area contributed by atoms with Crippen molar-refractivity contribution in [3.63, 3.8) is 0 Å². The Balaban J connectivity index is 2.32. The van der Waals surface area contributed by atoms with Gasteiger partial charge < -0.3 is 14.9 Å². The van der Waals surface area contributed by atoms with Crippen molar-refractivity contribution in [2.75, 3.05) is 6.54 Å². The largest absolute Gasteiger partial charge is 0.446 e. The molecule has 0 aromatic rings. The van der Waals surface area contributed by atoms with Gasteiger partial charge in [0, 0.05) is 12.8 Å². The van der Waals surface area contributed by atoms with Crippen molar-refractivity contribution in [1.29, 1.82) is 0 Å². The number of hydrogen-bond donors (Lipinski definition) is 1. The molecule has 0 spiro atoms. The minimum absolute atomic E-state index is 0.0251. The number of carbonyl (C=O) groups excluding carboxylic acids is 4. The molecule has 8 nitrogen and oxygen atoms in total. The molecule has 0 saturated carbocycles. The summed E-state index contributed by atoms with van der Waals surface area (Å²) >= 11 is 0. The van der Waals surface area contributed by atoms with Crippen LogP contribution in [0.4, 0.5) is 4.79 Å². The Kier molecular flexibility index (Phi) is 7.34. The van der Waals surface area contributed by atoms with Crippen LogP contribution in [0.1, 0.15) is 52.4 Å². The van der Waals surface area contributed by atoms with Gasteiger partial charge >= 0.3 is 12.1 Å². The molecule has 1 aliphatic heterocycles. The number of hydrogen-bond acceptors (Lipinski definition) is 6. The number of rotatable bonds is 8. The normalized spacial score (nSPS) is 14.4. The van der Waals surface area contributed by atoms with Crippen molar-refractivity contribution >= 4 is 23.9 Å². The molecule has 1 rings (SSSR count). The number of nitrogens with one attached hydrogen (secondary N) is 1. The standard InChI is InChI=1S/C14H22N2O6/c1-3-5-10(6-4-2)21-14(20)15-9-13(19)22-16-11(17)7-8-12(16)18/h10H,3-9H2,1-2H3,(H,15,20). The molecule has 0 atom stereocenters. The summed E-state index contributed by atoms with van der Waals surface area (Å²) in [6, 6.07) is 0. The van der Waals surface area contributed by atoms with Crippen LogP contribution < -0.4 is 5.32 Å². The number of carbonyl (C=O) groups is 4. The van der Waals surface area contributed by atoms with Crippen molar-refractivity contribution in [1.82, 2.24) is 10.4 Å². The van der Waals surface area contributed by atoms with Crippen LogP contribution in [-0.2, 0) is 24.0 Å². The first-order valence-corrected chi connectivity index (χ1v) is 7.49. The molecule has 0 radical (unpaired) electrons. The van der Waals surface area contributed by atoms with Gasteiger partial charge in [-0.3, -0.25) is 9.59 Å². The van der Waals surface area contributed by atoms with Crippen LogP contribution in [-0.4, -0.2) is 41.6 Å². The van der Waals surface area contributed by atoms with Gasteiger partial charge in [-0.25, -0.2) is 9.59 Å². The minimum atomic E-state index is -0.900. The highest BCUT2D eigenvalue weighted by molar-refractivity contribution is 6.01.